The maximum atomic E-state index is 11.5. The summed E-state index contributed by atoms with van der Waals surface area (Å²) < 4.78 is 17.9. The first-order chi connectivity index (χ1) is 14.8. The zero-order valence-electron chi connectivity index (χ0n) is 18.3. The van der Waals surface area contributed by atoms with E-state index in [0.29, 0.717) is 13.0 Å². The van der Waals surface area contributed by atoms with Crippen LogP contribution in [0.2, 0.25) is 5.04 Å². The quantitative estimate of drug-likeness (QED) is 0.672. The molecule has 0 aliphatic carbocycles. The van der Waals surface area contributed by atoms with Crippen molar-refractivity contribution < 1.29 is 23.8 Å². The van der Waals surface area contributed by atoms with Crippen LogP contribution in [0.25, 0.3) is 0 Å². The maximum Gasteiger partial charge on any atom is 0.408 e. The Morgan fingerprint density at radius 2 is 1.65 bits per heavy atom. The van der Waals surface area contributed by atoms with Crippen LogP contribution >= 0.6 is 0 Å². The number of ether oxygens (including phenoxy) is 2. The van der Waals surface area contributed by atoms with Crippen LogP contribution in [0, 0.1) is 0 Å². The fourth-order valence-electron chi connectivity index (χ4n) is 4.81. The number of fused-ring (bicyclic) bond motifs is 1. The molecule has 0 aromatic heterocycles. The summed E-state index contributed by atoms with van der Waals surface area (Å²) in [7, 11) is -2.62. The van der Waals surface area contributed by atoms with E-state index in [0.717, 1.165) is 0 Å². The lowest BCUT2D eigenvalue weighted by atomic mass is 9.96. The Hall–Kier alpha value is -2.19. The van der Waals surface area contributed by atoms with Crippen molar-refractivity contribution in [3.05, 3.63) is 60.7 Å². The summed E-state index contributed by atoms with van der Waals surface area (Å²) in [5, 5.41) is 15.7. The zero-order chi connectivity index (χ0) is 22.1. The third-order valence-corrected chi connectivity index (χ3v) is 11.3. The van der Waals surface area contributed by atoms with E-state index in [1.807, 2.05) is 12.1 Å². The molecule has 2 heterocycles. The van der Waals surface area contributed by atoms with Gasteiger partial charge in [0.25, 0.3) is 8.32 Å². The summed E-state index contributed by atoms with van der Waals surface area (Å²) in [6.07, 6.45) is -1.64. The van der Waals surface area contributed by atoms with Crippen LogP contribution in [0.1, 0.15) is 27.2 Å². The predicted octanol–water partition coefficient (Wildman–Crippen LogP) is 2.19. The number of carbonyl (C=O) groups is 1. The van der Waals surface area contributed by atoms with Crippen LogP contribution in [0.15, 0.2) is 60.7 Å². The van der Waals surface area contributed by atoms with Crippen molar-refractivity contribution in [2.24, 2.45) is 0 Å². The molecule has 1 amide bonds. The van der Waals surface area contributed by atoms with E-state index in [-0.39, 0.29) is 11.6 Å². The molecule has 166 valence electrons. The summed E-state index contributed by atoms with van der Waals surface area (Å²) in [5.41, 5.74) is 0. The number of rotatable bonds is 6. The number of aliphatic hydroxyl groups excluding tert-OH is 1. The topological polar surface area (TPSA) is 77.0 Å². The second-order valence-electron chi connectivity index (χ2n) is 9.28. The average molecular weight is 442 g/mol. The summed E-state index contributed by atoms with van der Waals surface area (Å²) in [5.74, 6) is 0. The van der Waals surface area contributed by atoms with Crippen LogP contribution < -0.4 is 15.7 Å². The molecule has 2 aromatic rings. The molecular weight excluding hydrogens is 410 g/mol. The minimum absolute atomic E-state index is 0.111. The maximum absolute atomic E-state index is 11.5. The SMILES string of the molecule is CC(C)(C)[Si](OCC[C@@H]1OC[C@H]2OC(=O)N[C@H]2[C@H]1O)(c1ccccc1)c1ccccc1. The Morgan fingerprint density at radius 1 is 1.06 bits per heavy atom. The van der Waals surface area contributed by atoms with Crippen molar-refractivity contribution >= 4 is 24.8 Å². The van der Waals surface area contributed by atoms with E-state index >= 15 is 0 Å². The number of hydrogen-bond donors (Lipinski definition) is 2. The second-order valence-corrected chi connectivity index (χ2v) is 13.6. The average Bonchev–Trinajstić information content (AvgIpc) is 3.14. The van der Waals surface area contributed by atoms with Gasteiger partial charge in [-0.1, -0.05) is 81.4 Å². The zero-order valence-corrected chi connectivity index (χ0v) is 19.3. The van der Waals surface area contributed by atoms with Crippen molar-refractivity contribution in [2.75, 3.05) is 13.2 Å². The number of alkyl carbamates (subject to hydrolysis) is 1. The number of aliphatic hydroxyl groups is 1. The third kappa shape index (κ3) is 4.15. The Kier molecular flexibility index (Phi) is 6.21. The van der Waals surface area contributed by atoms with Gasteiger partial charge in [-0.05, 0) is 21.8 Å². The van der Waals surface area contributed by atoms with Crippen LogP contribution in [0.4, 0.5) is 4.79 Å². The van der Waals surface area contributed by atoms with Crippen molar-refractivity contribution in [3.63, 3.8) is 0 Å². The molecule has 2 aromatic carbocycles. The van der Waals surface area contributed by atoms with Gasteiger partial charge in [-0.2, -0.15) is 0 Å². The molecule has 0 spiro atoms. The van der Waals surface area contributed by atoms with Crippen molar-refractivity contribution in [1.29, 1.82) is 0 Å². The summed E-state index contributed by atoms with van der Waals surface area (Å²) in [4.78, 5) is 11.5. The summed E-state index contributed by atoms with van der Waals surface area (Å²) in [6, 6.07) is 20.5. The summed E-state index contributed by atoms with van der Waals surface area (Å²) >= 11 is 0. The van der Waals surface area contributed by atoms with E-state index in [9.17, 15) is 9.90 Å². The van der Waals surface area contributed by atoms with Crippen LogP contribution in [-0.2, 0) is 13.9 Å². The van der Waals surface area contributed by atoms with Gasteiger partial charge in [0.1, 0.15) is 12.2 Å². The predicted molar refractivity (Wildman–Crippen MR) is 121 cm³/mol. The van der Waals surface area contributed by atoms with Crippen LogP contribution in [-0.4, -0.2) is 57.1 Å². The van der Waals surface area contributed by atoms with Crippen molar-refractivity contribution in [2.45, 2.75) is 56.6 Å². The molecule has 0 bridgehead atoms. The van der Waals surface area contributed by atoms with E-state index < -0.39 is 38.8 Å². The minimum Gasteiger partial charge on any atom is -0.441 e. The molecule has 4 rings (SSSR count). The highest BCUT2D eigenvalue weighted by Crippen LogP contribution is 2.37. The Balaban J connectivity index is 1.57. The van der Waals surface area contributed by atoms with Gasteiger partial charge in [0.05, 0.1) is 18.8 Å². The molecule has 2 aliphatic rings. The standard InChI is InChI=1S/C24H31NO5Si/c1-24(2,3)31(17-10-6-4-7-11-17,18-12-8-5-9-13-18)29-15-14-19-22(26)21-20(16-28-19)30-23(27)25-21/h4-13,19-22,26H,14-16H2,1-3H3,(H,25,27)/t19-,20+,21+,22-/m0/s1. The lowest BCUT2D eigenvalue weighted by Gasteiger charge is -2.43. The van der Waals surface area contributed by atoms with E-state index in [2.05, 4.69) is 74.6 Å². The van der Waals surface area contributed by atoms with Gasteiger partial charge in [0.2, 0.25) is 0 Å². The third-order valence-electron chi connectivity index (χ3n) is 6.30. The van der Waals surface area contributed by atoms with Crippen molar-refractivity contribution in [1.82, 2.24) is 5.32 Å². The van der Waals surface area contributed by atoms with Gasteiger partial charge in [-0.3, -0.25) is 0 Å². The normalized spacial score (nSPS) is 26.1. The Bertz CT molecular complexity index is 846. The van der Waals surface area contributed by atoms with Crippen LogP contribution in [0.5, 0.6) is 0 Å². The second kappa shape index (κ2) is 8.74. The molecule has 7 heteroatoms. The summed E-state index contributed by atoms with van der Waals surface area (Å²) in [6.45, 7) is 7.44. The fourth-order valence-corrected chi connectivity index (χ4v) is 9.39. The molecular formula is C24H31NO5Si. The molecule has 2 fully saturated rings. The molecule has 6 nitrogen and oxygen atoms in total. The largest absolute Gasteiger partial charge is 0.441 e. The number of carbonyl (C=O) groups excluding carboxylic acids is 1. The van der Waals surface area contributed by atoms with Crippen molar-refractivity contribution in [3.8, 4) is 0 Å². The lowest BCUT2D eigenvalue weighted by molar-refractivity contribution is -0.127. The highest BCUT2D eigenvalue weighted by Gasteiger charge is 2.51. The molecule has 2 aliphatic heterocycles. The molecule has 2 saturated heterocycles. The molecule has 0 saturated carbocycles. The van der Waals surface area contributed by atoms with Crippen LogP contribution in [0.3, 0.4) is 0 Å². The van der Waals surface area contributed by atoms with Gasteiger partial charge in [-0.15, -0.1) is 0 Å². The number of benzene rings is 2. The highest BCUT2D eigenvalue weighted by atomic mass is 28.4. The lowest BCUT2D eigenvalue weighted by Crippen LogP contribution is -2.66. The van der Waals surface area contributed by atoms with E-state index in [1.165, 1.54) is 10.4 Å². The smallest absolute Gasteiger partial charge is 0.408 e. The highest BCUT2D eigenvalue weighted by molar-refractivity contribution is 6.99. The first-order valence-corrected chi connectivity index (χ1v) is 12.8. The van der Waals surface area contributed by atoms with Gasteiger partial charge in [0.15, 0.2) is 0 Å². The van der Waals surface area contributed by atoms with Gasteiger partial charge >= 0.3 is 6.09 Å². The molecule has 31 heavy (non-hydrogen) atoms. The van der Waals surface area contributed by atoms with E-state index in [1.54, 1.807) is 0 Å². The van der Waals surface area contributed by atoms with Gasteiger partial charge in [0, 0.05) is 6.61 Å². The fraction of sp³-hybridized carbons (Fsp3) is 0.458. The first kappa shape index (κ1) is 22.0. The number of nitrogens with one attached hydrogen (secondary N) is 1. The number of amides is 1. The molecule has 4 atom stereocenters. The molecule has 0 radical (unpaired) electrons. The monoisotopic (exact) mass is 441 g/mol. The van der Waals surface area contributed by atoms with Gasteiger partial charge in [-0.25, -0.2) is 4.79 Å². The van der Waals surface area contributed by atoms with E-state index in [4.69, 9.17) is 13.9 Å². The molecule has 2 N–H and O–H groups in total. The number of hydrogen-bond acceptors (Lipinski definition) is 5. The Labute approximate surface area is 184 Å². The molecule has 0 unspecified atom stereocenters. The minimum atomic E-state index is -2.62. The Morgan fingerprint density at radius 3 is 2.19 bits per heavy atom. The van der Waals surface area contributed by atoms with Gasteiger partial charge < -0.3 is 24.3 Å². The first-order valence-electron chi connectivity index (χ1n) is 10.8.